The molecule has 130 valence electrons. The highest BCUT2D eigenvalue weighted by atomic mass is 35.5. The molecule has 1 saturated heterocycles. The minimum Gasteiger partial charge on any atom is -0.356 e. The highest BCUT2D eigenvalue weighted by Gasteiger charge is 2.38. The fraction of sp³-hybridized carbons (Fsp3) is 0.625. The van der Waals surface area contributed by atoms with Gasteiger partial charge < -0.3 is 16.0 Å². The molecule has 0 spiro atoms. The Bertz CT molecular complexity index is 486. The van der Waals surface area contributed by atoms with Crippen molar-refractivity contribution in [1.29, 1.82) is 0 Å². The van der Waals surface area contributed by atoms with E-state index in [0.29, 0.717) is 0 Å². The van der Waals surface area contributed by atoms with Crippen LogP contribution in [0.1, 0.15) is 38.5 Å². The molecule has 0 atom stereocenters. The van der Waals surface area contributed by atoms with Crippen molar-refractivity contribution in [3.63, 3.8) is 0 Å². The Morgan fingerprint density at radius 1 is 1.22 bits per heavy atom. The van der Waals surface area contributed by atoms with E-state index in [9.17, 15) is 4.79 Å². The van der Waals surface area contributed by atoms with Gasteiger partial charge in [0.25, 0.3) is 0 Å². The molecule has 1 aromatic rings. The lowest BCUT2D eigenvalue weighted by Gasteiger charge is -2.34. The fourth-order valence-electron chi connectivity index (χ4n) is 3.36. The zero-order valence-corrected chi connectivity index (χ0v) is 14.9. The monoisotopic (exact) mass is 360 g/mol. The van der Waals surface area contributed by atoms with Crippen molar-refractivity contribution in [2.24, 2.45) is 5.73 Å². The van der Waals surface area contributed by atoms with Gasteiger partial charge in [0.2, 0.25) is 5.91 Å². The minimum absolute atomic E-state index is 0. The first kappa shape index (κ1) is 20.0. The number of carbonyl (C=O) groups is 1. The lowest BCUT2D eigenvalue weighted by Crippen LogP contribution is -2.56. The molecule has 2 fully saturated rings. The lowest BCUT2D eigenvalue weighted by atomic mass is 9.96. The van der Waals surface area contributed by atoms with Gasteiger partial charge in [0.15, 0.2) is 0 Å². The van der Waals surface area contributed by atoms with Crippen LogP contribution in [0.5, 0.6) is 0 Å². The SMILES string of the molecule is Cl.Cl.NC1(C(=O)NC2CCN(c3ccccn3)CC2)CCCC1. The van der Waals surface area contributed by atoms with Crippen molar-refractivity contribution in [2.45, 2.75) is 50.1 Å². The first-order valence-corrected chi connectivity index (χ1v) is 7.93. The van der Waals surface area contributed by atoms with Gasteiger partial charge in [-0.15, -0.1) is 24.8 Å². The third-order valence-electron chi connectivity index (χ3n) is 4.75. The average molecular weight is 361 g/mol. The fourth-order valence-corrected chi connectivity index (χ4v) is 3.36. The smallest absolute Gasteiger partial charge is 0.240 e. The number of pyridine rings is 1. The number of amides is 1. The molecule has 2 aliphatic rings. The van der Waals surface area contributed by atoms with Crippen molar-refractivity contribution in [1.82, 2.24) is 10.3 Å². The van der Waals surface area contributed by atoms with Gasteiger partial charge in [-0.3, -0.25) is 4.79 Å². The Kier molecular flexibility index (Phi) is 7.58. The van der Waals surface area contributed by atoms with Crippen molar-refractivity contribution in [2.75, 3.05) is 18.0 Å². The number of carbonyl (C=O) groups excluding carboxylic acids is 1. The maximum Gasteiger partial charge on any atom is 0.240 e. The zero-order valence-electron chi connectivity index (χ0n) is 13.2. The molecule has 1 aromatic heterocycles. The molecule has 1 aliphatic heterocycles. The molecule has 1 saturated carbocycles. The second kappa shape index (κ2) is 8.71. The number of nitrogens with zero attached hydrogens (tertiary/aromatic N) is 2. The number of nitrogens with one attached hydrogen (secondary N) is 1. The third-order valence-corrected chi connectivity index (χ3v) is 4.75. The molecule has 7 heteroatoms. The number of rotatable bonds is 3. The molecular formula is C16H26Cl2N4O. The summed E-state index contributed by atoms with van der Waals surface area (Å²) in [4.78, 5) is 19.0. The van der Waals surface area contributed by atoms with Crippen molar-refractivity contribution >= 4 is 36.5 Å². The van der Waals surface area contributed by atoms with E-state index in [1.54, 1.807) is 0 Å². The topological polar surface area (TPSA) is 71.2 Å². The van der Waals surface area contributed by atoms with Crippen LogP contribution in [0.2, 0.25) is 0 Å². The van der Waals surface area contributed by atoms with Crippen LogP contribution < -0.4 is 16.0 Å². The Balaban J connectivity index is 0.00000132. The predicted molar refractivity (Wildman–Crippen MR) is 97.5 cm³/mol. The quantitative estimate of drug-likeness (QED) is 0.867. The van der Waals surface area contributed by atoms with E-state index < -0.39 is 5.54 Å². The maximum atomic E-state index is 12.3. The van der Waals surface area contributed by atoms with E-state index in [1.807, 2.05) is 24.4 Å². The highest BCUT2D eigenvalue weighted by molar-refractivity contribution is 5.86. The molecule has 0 unspecified atom stereocenters. The van der Waals surface area contributed by atoms with Crippen LogP contribution in [0, 0.1) is 0 Å². The number of piperidine rings is 1. The van der Waals surface area contributed by atoms with Crippen LogP contribution in [0.4, 0.5) is 5.82 Å². The molecule has 5 nitrogen and oxygen atoms in total. The highest BCUT2D eigenvalue weighted by Crippen LogP contribution is 2.28. The number of nitrogens with two attached hydrogens (primary N) is 1. The van der Waals surface area contributed by atoms with Crippen molar-refractivity contribution in [3.8, 4) is 0 Å². The Hall–Kier alpha value is -1.04. The maximum absolute atomic E-state index is 12.3. The van der Waals surface area contributed by atoms with E-state index in [2.05, 4.69) is 15.2 Å². The summed E-state index contributed by atoms with van der Waals surface area (Å²) in [6.45, 7) is 1.86. The molecule has 3 N–H and O–H groups in total. The van der Waals surface area contributed by atoms with Gasteiger partial charge in [-0.05, 0) is 37.8 Å². The van der Waals surface area contributed by atoms with Crippen molar-refractivity contribution < 1.29 is 4.79 Å². The second-order valence-electron chi connectivity index (χ2n) is 6.29. The number of halogens is 2. The summed E-state index contributed by atoms with van der Waals surface area (Å²) in [5, 5.41) is 3.16. The predicted octanol–water partition coefficient (Wildman–Crippen LogP) is 2.28. The summed E-state index contributed by atoms with van der Waals surface area (Å²) in [6, 6.07) is 6.22. The molecule has 1 amide bonds. The summed E-state index contributed by atoms with van der Waals surface area (Å²) in [5.41, 5.74) is 5.59. The molecular weight excluding hydrogens is 335 g/mol. The largest absolute Gasteiger partial charge is 0.356 e. The average Bonchev–Trinajstić information content (AvgIpc) is 2.97. The van der Waals surface area contributed by atoms with E-state index in [1.165, 1.54) is 0 Å². The number of aromatic nitrogens is 1. The number of anilines is 1. The Morgan fingerprint density at radius 2 is 1.87 bits per heavy atom. The van der Waals surface area contributed by atoms with E-state index in [0.717, 1.165) is 57.4 Å². The van der Waals surface area contributed by atoms with E-state index >= 15 is 0 Å². The van der Waals surface area contributed by atoms with E-state index in [-0.39, 0.29) is 36.8 Å². The van der Waals surface area contributed by atoms with Crippen LogP contribution in [-0.2, 0) is 4.79 Å². The van der Waals surface area contributed by atoms with Crippen LogP contribution >= 0.6 is 24.8 Å². The Labute approximate surface area is 150 Å². The van der Waals surface area contributed by atoms with Gasteiger partial charge in [-0.1, -0.05) is 18.9 Å². The number of hydrogen-bond donors (Lipinski definition) is 2. The van der Waals surface area contributed by atoms with Gasteiger partial charge in [0, 0.05) is 25.3 Å². The third kappa shape index (κ3) is 4.72. The summed E-state index contributed by atoms with van der Waals surface area (Å²) < 4.78 is 0. The summed E-state index contributed by atoms with van der Waals surface area (Å²) in [6.07, 6.45) is 7.53. The van der Waals surface area contributed by atoms with Crippen LogP contribution in [0.25, 0.3) is 0 Å². The van der Waals surface area contributed by atoms with E-state index in [4.69, 9.17) is 5.73 Å². The number of hydrogen-bond acceptors (Lipinski definition) is 4. The second-order valence-corrected chi connectivity index (χ2v) is 6.29. The summed E-state index contributed by atoms with van der Waals surface area (Å²) in [5.74, 6) is 1.07. The van der Waals surface area contributed by atoms with Gasteiger partial charge in [0.05, 0.1) is 5.54 Å². The van der Waals surface area contributed by atoms with Gasteiger partial charge in [0.1, 0.15) is 5.82 Å². The summed E-state index contributed by atoms with van der Waals surface area (Å²) in [7, 11) is 0. The Morgan fingerprint density at radius 3 is 2.43 bits per heavy atom. The van der Waals surface area contributed by atoms with Crippen molar-refractivity contribution in [3.05, 3.63) is 24.4 Å². The molecule has 0 aromatic carbocycles. The summed E-state index contributed by atoms with van der Waals surface area (Å²) >= 11 is 0. The molecule has 23 heavy (non-hydrogen) atoms. The zero-order chi connectivity index (χ0) is 14.7. The first-order valence-electron chi connectivity index (χ1n) is 7.93. The normalized spacial score (nSPS) is 20.3. The van der Waals surface area contributed by atoms with Gasteiger partial charge in [-0.25, -0.2) is 4.98 Å². The molecule has 2 heterocycles. The molecule has 1 aliphatic carbocycles. The van der Waals surface area contributed by atoms with Crippen LogP contribution in [0.3, 0.4) is 0 Å². The standard InChI is InChI=1S/C16H24N4O.2ClH/c17-16(8-2-3-9-16)15(21)19-13-6-11-20(12-7-13)14-5-1-4-10-18-14;;/h1,4-5,10,13H,2-3,6-9,11-12,17H2,(H,19,21);2*1H. The molecule has 0 bridgehead atoms. The van der Waals surface area contributed by atoms with Crippen LogP contribution in [0.15, 0.2) is 24.4 Å². The minimum atomic E-state index is -0.613. The van der Waals surface area contributed by atoms with Gasteiger partial charge >= 0.3 is 0 Å². The van der Waals surface area contributed by atoms with Gasteiger partial charge in [-0.2, -0.15) is 0 Å². The lowest BCUT2D eigenvalue weighted by molar-refractivity contribution is -0.127. The van der Waals surface area contributed by atoms with Crippen LogP contribution in [-0.4, -0.2) is 35.6 Å². The molecule has 0 radical (unpaired) electrons. The molecule has 3 rings (SSSR count). The first-order chi connectivity index (χ1) is 10.2.